The molecule has 0 bridgehead atoms. The molecular weight excluding hydrogens is 769 g/mol. The number of hydrazine groups is 1. The Bertz CT molecular complexity index is 2020. The molecule has 1 saturated carbocycles. The van der Waals surface area contributed by atoms with E-state index < -0.39 is 5.54 Å². The van der Waals surface area contributed by atoms with Crippen molar-refractivity contribution < 1.29 is 19.1 Å². The topological polar surface area (TPSA) is 165 Å². The SMILES string of the molecule is CCCC1CCCCC2C(=O)C(CCCNC(=O)c3ccc(C(C)SSCCC(=O)NNC(C)(C)Cn4c(COCC)nc5c(N)nc6ccccc6c54)cc3)NC12. The van der Waals surface area contributed by atoms with Gasteiger partial charge in [-0.1, -0.05) is 78.1 Å². The number of ether oxygens (including phenoxy) is 1. The third kappa shape index (κ3) is 10.9. The van der Waals surface area contributed by atoms with Crippen LogP contribution in [0.15, 0.2) is 48.5 Å². The minimum Gasteiger partial charge on any atom is -0.382 e. The first kappa shape index (κ1) is 43.9. The fourth-order valence-electron chi connectivity index (χ4n) is 8.49. The Morgan fingerprint density at radius 3 is 2.62 bits per heavy atom. The van der Waals surface area contributed by atoms with Crippen molar-refractivity contribution >= 4 is 66.9 Å². The summed E-state index contributed by atoms with van der Waals surface area (Å²) in [5.74, 6) is 2.75. The first-order chi connectivity index (χ1) is 28.0. The van der Waals surface area contributed by atoms with Gasteiger partial charge in [0.15, 0.2) is 11.6 Å². The van der Waals surface area contributed by atoms with Crippen LogP contribution in [0.4, 0.5) is 5.82 Å². The third-order valence-electron chi connectivity index (χ3n) is 11.5. The molecule has 1 aliphatic heterocycles. The van der Waals surface area contributed by atoms with E-state index in [0.29, 0.717) is 73.1 Å². The lowest BCUT2D eigenvalue weighted by molar-refractivity contribution is -0.123. The molecule has 4 aromatic rings. The molecule has 2 aliphatic rings. The summed E-state index contributed by atoms with van der Waals surface area (Å²) in [5.41, 5.74) is 16.1. The zero-order valence-electron chi connectivity index (χ0n) is 34.8. The van der Waals surface area contributed by atoms with Crippen LogP contribution >= 0.6 is 21.6 Å². The van der Waals surface area contributed by atoms with Gasteiger partial charge in [0.05, 0.1) is 17.1 Å². The highest BCUT2D eigenvalue weighted by atomic mass is 33.1. The van der Waals surface area contributed by atoms with Gasteiger partial charge >= 0.3 is 0 Å². The second-order valence-corrected chi connectivity index (χ2v) is 19.3. The smallest absolute Gasteiger partial charge is 0.251 e. The molecule has 2 fully saturated rings. The number of anilines is 1. The first-order valence-electron chi connectivity index (χ1n) is 21.1. The van der Waals surface area contributed by atoms with E-state index in [1.165, 1.54) is 19.3 Å². The van der Waals surface area contributed by atoms with Crippen molar-refractivity contribution in [1.29, 1.82) is 0 Å². The van der Waals surface area contributed by atoms with E-state index >= 15 is 0 Å². The van der Waals surface area contributed by atoms with Crippen LogP contribution in [-0.4, -0.2) is 68.7 Å². The number of nitrogens with zero attached hydrogens (tertiary/aromatic N) is 3. The van der Waals surface area contributed by atoms with Crippen molar-refractivity contribution in [3.05, 3.63) is 65.5 Å². The number of nitrogens with two attached hydrogens (primary N) is 1. The van der Waals surface area contributed by atoms with Crippen LogP contribution in [0.1, 0.15) is 119 Å². The summed E-state index contributed by atoms with van der Waals surface area (Å²) in [6, 6.07) is 15.9. The van der Waals surface area contributed by atoms with Crippen LogP contribution in [0.3, 0.4) is 0 Å². The molecule has 2 aromatic heterocycles. The number of carbonyl (C=O) groups excluding carboxylic acids is 3. The number of aromatic nitrogens is 3. The van der Waals surface area contributed by atoms with Crippen molar-refractivity contribution in [2.75, 3.05) is 24.6 Å². The number of benzene rings is 2. The molecule has 5 atom stereocenters. The molecule has 1 saturated heterocycles. The zero-order chi connectivity index (χ0) is 41.2. The minimum absolute atomic E-state index is 0.0839. The van der Waals surface area contributed by atoms with Gasteiger partial charge in [0.1, 0.15) is 17.9 Å². The second kappa shape index (κ2) is 20.5. The standard InChI is InChI=1S/C44H62N8O4S2/c1-6-13-30-14-8-9-16-33-38(30)47-35(41(33)54)18-12-24-46-43(55)31-21-19-29(20-22-31)28(3)58-57-25-23-37(53)50-51-44(4,5)27-52-36(26-56-7-2)49-39-40(52)32-15-10-11-17-34(32)48-42(39)45/h10-11,15,17,19-22,28,30,33,35,38,47,51H,6-9,12-14,16,18,23-27H2,1-5H3,(H2,45,48)(H,46,55)(H,50,53). The van der Waals surface area contributed by atoms with Gasteiger partial charge in [0.25, 0.3) is 5.91 Å². The van der Waals surface area contributed by atoms with E-state index in [1.54, 1.807) is 21.6 Å². The van der Waals surface area contributed by atoms with Crippen LogP contribution in [0.25, 0.3) is 21.9 Å². The summed E-state index contributed by atoms with van der Waals surface area (Å²) < 4.78 is 7.87. The van der Waals surface area contributed by atoms with Gasteiger partial charge < -0.3 is 25.7 Å². The van der Waals surface area contributed by atoms with Gasteiger partial charge in [0, 0.05) is 65.6 Å². The average Bonchev–Trinajstić information content (AvgIpc) is 3.65. The van der Waals surface area contributed by atoms with Crippen molar-refractivity contribution in [1.82, 2.24) is 36.0 Å². The Balaban J connectivity index is 0.904. The fourth-order valence-corrected chi connectivity index (χ4v) is 10.8. The molecule has 6 rings (SSSR count). The number of carbonyl (C=O) groups is 3. The van der Waals surface area contributed by atoms with Crippen LogP contribution in [-0.2, 0) is 27.5 Å². The molecule has 314 valence electrons. The molecule has 58 heavy (non-hydrogen) atoms. The Labute approximate surface area is 351 Å². The van der Waals surface area contributed by atoms with Gasteiger partial charge in [-0.05, 0) is 89.5 Å². The molecule has 12 nitrogen and oxygen atoms in total. The number of nitrogens with one attached hydrogen (secondary N) is 4. The molecule has 3 heterocycles. The third-order valence-corrected chi connectivity index (χ3v) is 14.3. The van der Waals surface area contributed by atoms with Gasteiger partial charge in [-0.25, -0.2) is 15.4 Å². The van der Waals surface area contributed by atoms with Gasteiger partial charge in [-0.15, -0.1) is 0 Å². The number of fused-ring (bicyclic) bond motifs is 4. The van der Waals surface area contributed by atoms with E-state index in [2.05, 4.69) is 44.9 Å². The molecule has 5 unspecified atom stereocenters. The average molecular weight is 831 g/mol. The normalized spacial score (nSPS) is 20.3. The van der Waals surface area contributed by atoms with Crippen molar-refractivity contribution in [2.24, 2.45) is 11.8 Å². The number of imidazole rings is 1. The summed E-state index contributed by atoms with van der Waals surface area (Å²) in [6.07, 6.45) is 8.87. The number of para-hydroxylation sites is 1. The van der Waals surface area contributed by atoms with E-state index in [1.807, 2.05) is 69.3 Å². The highest BCUT2D eigenvalue weighted by molar-refractivity contribution is 8.76. The minimum atomic E-state index is -0.535. The lowest BCUT2D eigenvalue weighted by Gasteiger charge is -2.28. The first-order valence-corrected chi connectivity index (χ1v) is 23.5. The molecule has 1 aliphatic carbocycles. The van der Waals surface area contributed by atoms with E-state index in [9.17, 15) is 14.4 Å². The Kier molecular flexibility index (Phi) is 15.5. The fraction of sp³-hybridized carbons (Fsp3) is 0.568. The molecular formula is C44H62N8O4S2. The van der Waals surface area contributed by atoms with Crippen molar-refractivity contribution in [3.8, 4) is 0 Å². The van der Waals surface area contributed by atoms with Crippen LogP contribution in [0, 0.1) is 11.8 Å². The summed E-state index contributed by atoms with van der Waals surface area (Å²) in [6.45, 7) is 12.3. The highest BCUT2D eigenvalue weighted by Crippen LogP contribution is 2.39. The quantitative estimate of drug-likeness (QED) is 0.0337. The maximum absolute atomic E-state index is 13.2. The van der Waals surface area contributed by atoms with Crippen LogP contribution in [0.5, 0.6) is 0 Å². The largest absolute Gasteiger partial charge is 0.382 e. The highest BCUT2D eigenvalue weighted by Gasteiger charge is 2.44. The second-order valence-electron chi connectivity index (χ2n) is 16.4. The number of nitrogen functional groups attached to an aromatic ring is 1. The number of Topliss-reactive ketones (excluding diaryl/α,β-unsaturated/α-hetero) is 1. The maximum Gasteiger partial charge on any atom is 0.251 e. The van der Waals surface area contributed by atoms with E-state index in [0.717, 1.165) is 59.9 Å². The summed E-state index contributed by atoms with van der Waals surface area (Å²) in [5, 5.41) is 7.90. The molecule has 0 spiro atoms. The number of pyridine rings is 1. The molecule has 0 radical (unpaired) electrons. The summed E-state index contributed by atoms with van der Waals surface area (Å²) in [7, 11) is 3.36. The molecule has 14 heteroatoms. The number of hydrogen-bond acceptors (Lipinski definition) is 11. The predicted molar refractivity (Wildman–Crippen MR) is 237 cm³/mol. The van der Waals surface area contributed by atoms with Gasteiger partial charge in [-0.3, -0.25) is 19.8 Å². The van der Waals surface area contributed by atoms with E-state index in [4.69, 9.17) is 15.5 Å². The Hall–Kier alpha value is -3.69. The number of hydrogen-bond donors (Lipinski definition) is 5. The number of rotatable bonds is 20. The van der Waals surface area contributed by atoms with Crippen molar-refractivity contribution in [2.45, 2.75) is 128 Å². The summed E-state index contributed by atoms with van der Waals surface area (Å²) >= 11 is 0. The molecule has 6 N–H and O–H groups in total. The lowest BCUT2D eigenvalue weighted by Crippen LogP contribution is -2.53. The number of amides is 2. The van der Waals surface area contributed by atoms with Crippen molar-refractivity contribution in [3.63, 3.8) is 0 Å². The van der Waals surface area contributed by atoms with E-state index in [-0.39, 0.29) is 29.0 Å². The zero-order valence-corrected chi connectivity index (χ0v) is 36.4. The summed E-state index contributed by atoms with van der Waals surface area (Å²) in [4.78, 5) is 48.4. The molecule has 2 aromatic carbocycles. The van der Waals surface area contributed by atoms with Gasteiger partial charge in [0.2, 0.25) is 5.91 Å². The van der Waals surface area contributed by atoms with Crippen LogP contribution in [0.2, 0.25) is 0 Å². The van der Waals surface area contributed by atoms with Gasteiger partial charge in [-0.2, -0.15) is 0 Å². The Morgan fingerprint density at radius 1 is 1.07 bits per heavy atom. The monoisotopic (exact) mass is 830 g/mol. The Morgan fingerprint density at radius 2 is 1.84 bits per heavy atom. The lowest BCUT2D eigenvalue weighted by atomic mass is 9.84. The van der Waals surface area contributed by atoms with Crippen LogP contribution < -0.4 is 27.2 Å². The maximum atomic E-state index is 13.2. The predicted octanol–water partition coefficient (Wildman–Crippen LogP) is 7.66. The number of ketones is 1. The molecule has 2 amide bonds.